The molecule has 0 radical (unpaired) electrons. The van der Waals surface area contributed by atoms with E-state index in [2.05, 4.69) is 34.0 Å². The average molecular weight is 473 g/mol. The number of benzene rings is 1. The maximum absolute atomic E-state index is 5.80. The summed E-state index contributed by atoms with van der Waals surface area (Å²) in [6, 6.07) is 10.5. The van der Waals surface area contributed by atoms with E-state index in [1.807, 2.05) is 30.3 Å². The van der Waals surface area contributed by atoms with Crippen molar-refractivity contribution >= 4 is 29.9 Å². The molecule has 0 saturated carbocycles. The van der Waals surface area contributed by atoms with Crippen molar-refractivity contribution in [1.29, 1.82) is 0 Å². The Balaban J connectivity index is 0.00000243. The number of hydrogen-bond donors (Lipinski definition) is 1. The Morgan fingerprint density at radius 2 is 1.96 bits per heavy atom. The number of hydrogen-bond acceptors (Lipinski definition) is 4. The first-order chi connectivity index (χ1) is 12.3. The Morgan fingerprint density at radius 1 is 1.23 bits per heavy atom. The summed E-state index contributed by atoms with van der Waals surface area (Å²) in [6.45, 7) is 11.3. The topological polar surface area (TPSA) is 43.3 Å². The minimum absolute atomic E-state index is 0. The fraction of sp³-hybridized carbons (Fsp3) is 0.632. The highest BCUT2D eigenvalue weighted by molar-refractivity contribution is 14.0. The van der Waals surface area contributed by atoms with Crippen molar-refractivity contribution in [2.75, 3.05) is 66.0 Å². The van der Waals surface area contributed by atoms with Gasteiger partial charge < -0.3 is 15.0 Å². The molecule has 3 saturated heterocycles. The van der Waals surface area contributed by atoms with Crippen molar-refractivity contribution in [3.63, 3.8) is 0 Å². The fourth-order valence-electron chi connectivity index (χ4n) is 3.48. The van der Waals surface area contributed by atoms with Crippen LogP contribution in [0.3, 0.4) is 0 Å². The molecule has 0 amide bonds. The zero-order valence-corrected chi connectivity index (χ0v) is 18.3. The highest BCUT2D eigenvalue weighted by Crippen LogP contribution is 2.15. The van der Waals surface area contributed by atoms with Crippen molar-refractivity contribution in [3.05, 3.63) is 30.3 Å². The minimum Gasteiger partial charge on any atom is -0.492 e. The molecule has 26 heavy (non-hydrogen) atoms. The summed E-state index contributed by atoms with van der Waals surface area (Å²) >= 11 is 0. The van der Waals surface area contributed by atoms with Crippen molar-refractivity contribution in [2.24, 2.45) is 4.99 Å². The smallest absolute Gasteiger partial charge is 0.193 e. The number of aliphatic imine (C=N–C) groups is 1. The standard InChI is InChI=1S/C19H31N5O.HI/c1-3-20-19(21-15-17-16-23-9-11-24(17)12-10-23)22(2)13-14-25-18-7-5-4-6-8-18;/h4-8,17H,3,9-16H2,1-2H3,(H,20,21);1H. The predicted octanol–water partition coefficient (Wildman–Crippen LogP) is 1.58. The van der Waals surface area contributed by atoms with Crippen molar-refractivity contribution < 1.29 is 4.74 Å². The van der Waals surface area contributed by atoms with Gasteiger partial charge in [0, 0.05) is 52.4 Å². The average Bonchev–Trinajstić information content (AvgIpc) is 2.67. The van der Waals surface area contributed by atoms with Gasteiger partial charge in [-0.25, -0.2) is 0 Å². The largest absolute Gasteiger partial charge is 0.492 e. The van der Waals surface area contributed by atoms with Gasteiger partial charge in [-0.3, -0.25) is 14.8 Å². The van der Waals surface area contributed by atoms with Crippen LogP contribution >= 0.6 is 24.0 Å². The molecule has 1 unspecified atom stereocenters. The summed E-state index contributed by atoms with van der Waals surface area (Å²) in [5, 5.41) is 3.40. The van der Waals surface area contributed by atoms with Gasteiger partial charge in [0.1, 0.15) is 12.4 Å². The molecule has 4 rings (SSSR count). The van der Waals surface area contributed by atoms with E-state index in [4.69, 9.17) is 9.73 Å². The summed E-state index contributed by atoms with van der Waals surface area (Å²) in [5.74, 6) is 1.88. The van der Waals surface area contributed by atoms with Crippen LogP contribution in [0.4, 0.5) is 0 Å². The van der Waals surface area contributed by atoms with E-state index in [-0.39, 0.29) is 24.0 Å². The molecule has 0 aromatic heterocycles. The second-order valence-electron chi connectivity index (χ2n) is 6.77. The van der Waals surface area contributed by atoms with Crippen LogP contribution in [0.5, 0.6) is 5.75 Å². The van der Waals surface area contributed by atoms with E-state index >= 15 is 0 Å². The van der Waals surface area contributed by atoms with Gasteiger partial charge in [-0.05, 0) is 19.1 Å². The van der Waals surface area contributed by atoms with Crippen LogP contribution in [0, 0.1) is 0 Å². The van der Waals surface area contributed by atoms with Gasteiger partial charge in [0.25, 0.3) is 0 Å². The lowest BCUT2D eigenvalue weighted by molar-refractivity contribution is 0.0173. The maximum Gasteiger partial charge on any atom is 0.193 e. The zero-order valence-electron chi connectivity index (χ0n) is 15.9. The van der Waals surface area contributed by atoms with Crippen LogP contribution in [-0.4, -0.2) is 92.7 Å². The lowest BCUT2D eigenvalue weighted by Gasteiger charge is -2.47. The number of likely N-dealkylation sites (N-methyl/N-ethyl adjacent to an activating group) is 1. The third-order valence-corrected chi connectivity index (χ3v) is 4.98. The van der Waals surface area contributed by atoms with Crippen molar-refractivity contribution in [3.8, 4) is 5.75 Å². The molecule has 1 aromatic rings. The van der Waals surface area contributed by atoms with Crippen molar-refractivity contribution in [1.82, 2.24) is 20.0 Å². The molecule has 1 aromatic carbocycles. The van der Waals surface area contributed by atoms with Crippen LogP contribution in [-0.2, 0) is 0 Å². The summed E-state index contributed by atoms with van der Waals surface area (Å²) < 4.78 is 5.80. The normalized spacial score (nSPS) is 24.7. The molecule has 3 heterocycles. The van der Waals surface area contributed by atoms with Crippen LogP contribution in [0.25, 0.3) is 0 Å². The number of rotatable bonds is 7. The van der Waals surface area contributed by atoms with Crippen LogP contribution < -0.4 is 10.1 Å². The Morgan fingerprint density at radius 3 is 2.58 bits per heavy atom. The molecule has 1 atom stereocenters. The van der Waals surface area contributed by atoms with Gasteiger partial charge >= 0.3 is 0 Å². The summed E-state index contributed by atoms with van der Waals surface area (Å²) in [7, 11) is 2.08. The molecule has 3 aliphatic rings. The SMILES string of the molecule is CCNC(=NCC1CN2CCN1CC2)N(C)CCOc1ccccc1.I. The van der Waals surface area contributed by atoms with Crippen LogP contribution in [0.2, 0.25) is 0 Å². The molecular weight excluding hydrogens is 441 g/mol. The Labute approximate surface area is 174 Å². The molecule has 0 aliphatic carbocycles. The van der Waals surface area contributed by atoms with Gasteiger partial charge in [-0.2, -0.15) is 0 Å². The second-order valence-corrected chi connectivity index (χ2v) is 6.77. The number of fused-ring (bicyclic) bond motifs is 3. The monoisotopic (exact) mass is 473 g/mol. The molecular formula is C19H32IN5O. The lowest BCUT2D eigenvalue weighted by Crippen LogP contribution is -2.62. The highest BCUT2D eigenvalue weighted by atomic mass is 127. The molecule has 2 bridgehead atoms. The van der Waals surface area contributed by atoms with Gasteiger partial charge in [0.15, 0.2) is 5.96 Å². The van der Waals surface area contributed by atoms with Crippen LogP contribution in [0.15, 0.2) is 35.3 Å². The number of piperazine rings is 3. The number of halogens is 1. The number of nitrogens with one attached hydrogen (secondary N) is 1. The number of guanidine groups is 1. The van der Waals surface area contributed by atoms with E-state index in [0.717, 1.165) is 37.9 Å². The quantitative estimate of drug-likeness (QED) is 0.370. The fourth-order valence-corrected chi connectivity index (χ4v) is 3.48. The zero-order chi connectivity index (χ0) is 17.5. The van der Waals surface area contributed by atoms with E-state index < -0.39 is 0 Å². The van der Waals surface area contributed by atoms with E-state index in [9.17, 15) is 0 Å². The third kappa shape index (κ3) is 5.99. The van der Waals surface area contributed by atoms with E-state index in [1.165, 1.54) is 26.2 Å². The Bertz CT molecular complexity index is 548. The predicted molar refractivity (Wildman–Crippen MR) is 118 cm³/mol. The summed E-state index contributed by atoms with van der Waals surface area (Å²) in [6.07, 6.45) is 0. The van der Waals surface area contributed by atoms with E-state index in [1.54, 1.807) is 0 Å². The van der Waals surface area contributed by atoms with Crippen molar-refractivity contribution in [2.45, 2.75) is 13.0 Å². The summed E-state index contributed by atoms with van der Waals surface area (Å²) in [4.78, 5) is 12.2. The molecule has 3 fully saturated rings. The summed E-state index contributed by atoms with van der Waals surface area (Å²) in [5.41, 5.74) is 0. The maximum atomic E-state index is 5.80. The molecule has 0 spiro atoms. The van der Waals surface area contributed by atoms with E-state index in [0.29, 0.717) is 12.6 Å². The highest BCUT2D eigenvalue weighted by Gasteiger charge is 2.31. The first kappa shape index (κ1) is 21.2. The Kier molecular flexibility index (Phi) is 8.94. The molecule has 146 valence electrons. The number of nitrogens with zero attached hydrogens (tertiary/aromatic N) is 4. The van der Waals surface area contributed by atoms with Gasteiger partial charge in [0.2, 0.25) is 0 Å². The molecule has 6 nitrogen and oxygen atoms in total. The van der Waals surface area contributed by atoms with Crippen LogP contribution in [0.1, 0.15) is 6.92 Å². The third-order valence-electron chi connectivity index (χ3n) is 4.98. The Hall–Kier alpha value is -1.06. The first-order valence-corrected chi connectivity index (χ1v) is 9.40. The molecule has 7 heteroatoms. The minimum atomic E-state index is 0. The van der Waals surface area contributed by atoms with Gasteiger partial charge in [0.05, 0.1) is 13.1 Å². The number of ether oxygens (including phenoxy) is 1. The van der Waals surface area contributed by atoms with Gasteiger partial charge in [-0.1, -0.05) is 18.2 Å². The van der Waals surface area contributed by atoms with Gasteiger partial charge in [-0.15, -0.1) is 24.0 Å². The number of para-hydroxylation sites is 1. The second kappa shape index (κ2) is 10.9. The first-order valence-electron chi connectivity index (χ1n) is 9.40. The lowest BCUT2D eigenvalue weighted by atomic mass is 10.1. The molecule has 3 aliphatic heterocycles. The molecule has 1 N–H and O–H groups in total.